The predicted octanol–water partition coefficient (Wildman–Crippen LogP) is 3.35. The van der Waals surface area contributed by atoms with Gasteiger partial charge in [0.15, 0.2) is 0 Å². The van der Waals surface area contributed by atoms with Gasteiger partial charge in [-0.2, -0.15) is 0 Å². The van der Waals surface area contributed by atoms with Crippen molar-refractivity contribution in [3.8, 4) is 11.5 Å². The van der Waals surface area contributed by atoms with Crippen LogP contribution in [0.15, 0.2) is 42.5 Å². The van der Waals surface area contributed by atoms with Gasteiger partial charge in [0.1, 0.15) is 11.5 Å². The summed E-state index contributed by atoms with van der Waals surface area (Å²) in [6, 6.07) is 12.1. The molecule has 0 unspecified atom stereocenters. The Labute approximate surface area is 118 Å². The highest BCUT2D eigenvalue weighted by Gasteiger charge is 2.13. The van der Waals surface area contributed by atoms with Crippen LogP contribution in [0.25, 0.3) is 0 Å². The molecule has 0 saturated carbocycles. The van der Waals surface area contributed by atoms with E-state index in [9.17, 15) is 9.90 Å². The molecule has 2 rings (SSSR count). The Morgan fingerprint density at radius 1 is 1.25 bits per heavy atom. The summed E-state index contributed by atoms with van der Waals surface area (Å²) in [7, 11) is 0. The van der Waals surface area contributed by atoms with Gasteiger partial charge in [-0.25, -0.2) is 0 Å². The van der Waals surface area contributed by atoms with Gasteiger partial charge in [-0.15, -0.1) is 0 Å². The highest BCUT2D eigenvalue weighted by atomic mass is 16.5. The molecule has 0 heterocycles. The van der Waals surface area contributed by atoms with Gasteiger partial charge in [-0.1, -0.05) is 18.2 Å². The normalized spacial score (nSPS) is 10.1. The molecule has 0 aliphatic rings. The summed E-state index contributed by atoms with van der Waals surface area (Å²) >= 11 is 0. The van der Waals surface area contributed by atoms with Crippen LogP contribution in [-0.2, 0) is 0 Å². The SMILES string of the molecule is CCOc1ccccc1C(=O)Nc1cc(C)ccc1O. The number of rotatable bonds is 4. The minimum absolute atomic E-state index is 0.0397. The van der Waals surface area contributed by atoms with Gasteiger partial charge >= 0.3 is 0 Å². The first-order valence-electron chi connectivity index (χ1n) is 6.44. The molecule has 2 aromatic rings. The number of phenols is 1. The second kappa shape index (κ2) is 6.10. The fourth-order valence-corrected chi connectivity index (χ4v) is 1.88. The topological polar surface area (TPSA) is 58.6 Å². The molecule has 0 aliphatic carbocycles. The molecular weight excluding hydrogens is 254 g/mol. The molecule has 1 amide bonds. The summed E-state index contributed by atoms with van der Waals surface area (Å²) < 4.78 is 5.43. The van der Waals surface area contributed by atoms with E-state index in [0.717, 1.165) is 5.56 Å². The van der Waals surface area contributed by atoms with Crippen molar-refractivity contribution >= 4 is 11.6 Å². The number of nitrogens with one attached hydrogen (secondary N) is 1. The van der Waals surface area contributed by atoms with Crippen molar-refractivity contribution in [3.63, 3.8) is 0 Å². The van der Waals surface area contributed by atoms with Crippen LogP contribution in [0.3, 0.4) is 0 Å². The molecule has 2 aromatic carbocycles. The summed E-state index contributed by atoms with van der Waals surface area (Å²) in [5.74, 6) is 0.257. The molecule has 0 radical (unpaired) electrons. The number of hydrogen-bond donors (Lipinski definition) is 2. The second-order valence-electron chi connectivity index (χ2n) is 4.40. The first-order valence-corrected chi connectivity index (χ1v) is 6.44. The number of amides is 1. The Morgan fingerprint density at radius 2 is 2.00 bits per heavy atom. The zero-order valence-electron chi connectivity index (χ0n) is 11.5. The maximum Gasteiger partial charge on any atom is 0.259 e. The van der Waals surface area contributed by atoms with E-state index in [0.29, 0.717) is 23.6 Å². The number of ether oxygens (including phenoxy) is 1. The first-order chi connectivity index (χ1) is 9.61. The maximum absolute atomic E-state index is 12.3. The van der Waals surface area contributed by atoms with Gasteiger partial charge in [-0.05, 0) is 43.7 Å². The summed E-state index contributed by atoms with van der Waals surface area (Å²) in [5, 5.41) is 12.5. The van der Waals surface area contributed by atoms with Crippen LogP contribution in [0.2, 0.25) is 0 Å². The Kier molecular flexibility index (Phi) is 4.25. The molecule has 0 bridgehead atoms. The van der Waals surface area contributed by atoms with Crippen LogP contribution in [0.1, 0.15) is 22.8 Å². The lowest BCUT2D eigenvalue weighted by atomic mass is 10.1. The zero-order valence-corrected chi connectivity index (χ0v) is 11.5. The molecular formula is C16H17NO3. The van der Waals surface area contributed by atoms with E-state index in [1.165, 1.54) is 0 Å². The molecule has 4 nitrogen and oxygen atoms in total. The van der Waals surface area contributed by atoms with Crippen molar-refractivity contribution < 1.29 is 14.6 Å². The van der Waals surface area contributed by atoms with Crippen LogP contribution < -0.4 is 10.1 Å². The summed E-state index contributed by atoms with van der Waals surface area (Å²) in [6.45, 7) is 4.24. The standard InChI is InChI=1S/C16H17NO3/c1-3-20-15-7-5-4-6-12(15)16(19)17-13-10-11(2)8-9-14(13)18/h4-10,18H,3H2,1-2H3,(H,17,19). The molecule has 0 fully saturated rings. The lowest BCUT2D eigenvalue weighted by molar-refractivity contribution is 0.102. The van der Waals surface area contributed by atoms with E-state index in [2.05, 4.69) is 5.32 Å². The number of hydrogen-bond acceptors (Lipinski definition) is 3. The van der Waals surface area contributed by atoms with Gasteiger partial charge in [0.25, 0.3) is 5.91 Å². The lowest BCUT2D eigenvalue weighted by Crippen LogP contribution is -2.13. The van der Waals surface area contributed by atoms with Gasteiger partial charge in [0.05, 0.1) is 17.9 Å². The smallest absolute Gasteiger partial charge is 0.259 e. The van der Waals surface area contributed by atoms with E-state index >= 15 is 0 Å². The number of benzene rings is 2. The third-order valence-corrected chi connectivity index (χ3v) is 2.83. The summed E-state index contributed by atoms with van der Waals surface area (Å²) in [6.07, 6.45) is 0. The van der Waals surface area contributed by atoms with Gasteiger partial charge in [0, 0.05) is 0 Å². The monoisotopic (exact) mass is 271 g/mol. The van der Waals surface area contributed by atoms with E-state index in [1.807, 2.05) is 19.9 Å². The Hall–Kier alpha value is -2.49. The third-order valence-electron chi connectivity index (χ3n) is 2.83. The van der Waals surface area contributed by atoms with Crippen molar-refractivity contribution in [1.29, 1.82) is 0 Å². The zero-order chi connectivity index (χ0) is 14.5. The number of phenolic OH excluding ortho intramolecular Hbond substituents is 1. The molecule has 0 aliphatic heterocycles. The Balaban J connectivity index is 2.26. The summed E-state index contributed by atoms with van der Waals surface area (Å²) in [5.41, 5.74) is 1.78. The van der Waals surface area contributed by atoms with E-state index in [-0.39, 0.29) is 11.7 Å². The fraction of sp³-hybridized carbons (Fsp3) is 0.188. The molecule has 0 aromatic heterocycles. The summed E-state index contributed by atoms with van der Waals surface area (Å²) in [4.78, 5) is 12.3. The van der Waals surface area contributed by atoms with Crippen LogP contribution in [0.5, 0.6) is 11.5 Å². The van der Waals surface area contributed by atoms with Crippen molar-refractivity contribution in [2.24, 2.45) is 0 Å². The van der Waals surface area contributed by atoms with Gasteiger partial charge in [0.2, 0.25) is 0 Å². The third kappa shape index (κ3) is 3.09. The predicted molar refractivity (Wildman–Crippen MR) is 78.4 cm³/mol. The molecule has 0 spiro atoms. The van der Waals surface area contributed by atoms with Gasteiger partial charge < -0.3 is 15.2 Å². The van der Waals surface area contributed by atoms with Crippen molar-refractivity contribution in [3.05, 3.63) is 53.6 Å². The minimum atomic E-state index is -0.310. The van der Waals surface area contributed by atoms with Crippen LogP contribution in [-0.4, -0.2) is 17.6 Å². The first kappa shape index (κ1) is 13.9. The lowest BCUT2D eigenvalue weighted by Gasteiger charge is -2.11. The Morgan fingerprint density at radius 3 is 2.75 bits per heavy atom. The van der Waals surface area contributed by atoms with Crippen molar-refractivity contribution in [2.75, 3.05) is 11.9 Å². The largest absolute Gasteiger partial charge is 0.506 e. The van der Waals surface area contributed by atoms with Crippen LogP contribution >= 0.6 is 0 Å². The molecule has 4 heteroatoms. The average molecular weight is 271 g/mol. The number of para-hydroxylation sites is 1. The van der Waals surface area contributed by atoms with Crippen molar-refractivity contribution in [1.82, 2.24) is 0 Å². The number of carbonyl (C=O) groups is 1. The quantitative estimate of drug-likeness (QED) is 0.838. The van der Waals surface area contributed by atoms with E-state index in [4.69, 9.17) is 4.74 Å². The number of anilines is 1. The molecule has 0 saturated heterocycles. The van der Waals surface area contributed by atoms with Crippen molar-refractivity contribution in [2.45, 2.75) is 13.8 Å². The van der Waals surface area contributed by atoms with Crippen LogP contribution in [0, 0.1) is 6.92 Å². The average Bonchev–Trinajstić information content (AvgIpc) is 2.44. The maximum atomic E-state index is 12.3. The minimum Gasteiger partial charge on any atom is -0.506 e. The second-order valence-corrected chi connectivity index (χ2v) is 4.40. The number of aromatic hydroxyl groups is 1. The highest BCUT2D eigenvalue weighted by Crippen LogP contribution is 2.26. The molecule has 104 valence electrons. The van der Waals surface area contributed by atoms with Gasteiger partial charge in [-0.3, -0.25) is 4.79 Å². The molecule has 0 atom stereocenters. The Bertz CT molecular complexity index is 623. The molecule has 2 N–H and O–H groups in total. The van der Waals surface area contributed by atoms with E-state index < -0.39 is 0 Å². The molecule has 20 heavy (non-hydrogen) atoms. The number of aryl methyl sites for hydroxylation is 1. The van der Waals surface area contributed by atoms with Crippen LogP contribution in [0.4, 0.5) is 5.69 Å². The number of carbonyl (C=O) groups excluding carboxylic acids is 1. The van der Waals surface area contributed by atoms with E-state index in [1.54, 1.807) is 36.4 Å². The fourth-order valence-electron chi connectivity index (χ4n) is 1.88. The highest BCUT2D eigenvalue weighted by molar-refractivity contribution is 6.06.